The van der Waals surface area contributed by atoms with Crippen molar-refractivity contribution < 1.29 is 22.9 Å². The lowest BCUT2D eigenvalue weighted by atomic mass is 10.1. The summed E-state index contributed by atoms with van der Waals surface area (Å²) >= 11 is 1.22. The molecule has 0 aromatic carbocycles. The van der Waals surface area contributed by atoms with Gasteiger partial charge in [-0.3, -0.25) is 14.5 Å². The summed E-state index contributed by atoms with van der Waals surface area (Å²) in [4.78, 5) is 28.6. The van der Waals surface area contributed by atoms with Crippen LogP contribution in [-0.2, 0) is 22.9 Å². The second-order valence-corrected chi connectivity index (χ2v) is 25.1. The van der Waals surface area contributed by atoms with Gasteiger partial charge in [-0.25, -0.2) is 0 Å². The molecule has 8 heteroatoms. The van der Waals surface area contributed by atoms with Gasteiger partial charge in [0.2, 0.25) is 5.78 Å². The molecule has 0 saturated heterocycles. The van der Waals surface area contributed by atoms with Gasteiger partial charge in [0.05, 0.1) is 0 Å². The molecule has 0 aromatic heterocycles. The highest BCUT2D eigenvalue weighted by molar-refractivity contribution is 8.15. The van der Waals surface area contributed by atoms with Crippen LogP contribution in [0, 0.1) is 0 Å². The Balaban J connectivity index is 5.93. The first-order chi connectivity index (χ1) is 33.9. The summed E-state index contributed by atoms with van der Waals surface area (Å²) in [7, 11) is -3.14. The van der Waals surface area contributed by atoms with Crippen LogP contribution in [-0.4, -0.2) is 62.9 Å². The van der Waals surface area contributed by atoms with E-state index < -0.39 is 8.80 Å². The number of carbonyl (C=O) groups excluding carboxylic acids is 2. The molecule has 1 atom stereocenters. The van der Waals surface area contributed by atoms with Crippen molar-refractivity contribution in [2.75, 3.05) is 32.1 Å². The number of carbonyl (C=O) groups is 2. The predicted octanol–water partition coefficient (Wildman–Crippen LogP) is 20.5. The van der Waals surface area contributed by atoms with Gasteiger partial charge in [-0.2, -0.15) is 0 Å². The zero-order chi connectivity index (χ0) is 50.4. The third-order valence-electron chi connectivity index (χ3n) is 14.4. The highest BCUT2D eigenvalue weighted by Gasteiger charge is 2.43. The second-order valence-electron chi connectivity index (χ2n) is 21.3. The van der Waals surface area contributed by atoms with Gasteiger partial charge >= 0.3 is 8.80 Å². The molecule has 1 unspecified atom stereocenters. The minimum absolute atomic E-state index is 0.0894. The number of nitrogens with zero attached hydrogens (tertiary/aromatic N) is 1. The molecule has 69 heavy (non-hydrogen) atoms. The number of Topliss-reactive ketones (excluding diaryl/α,β-unsaturated/α-hetero) is 1. The Labute approximate surface area is 438 Å². The summed E-state index contributed by atoms with van der Waals surface area (Å²) in [6.07, 6.45) is 57.6. The predicted molar refractivity (Wildman–Crippen MR) is 308 cm³/mol. The molecule has 0 aromatic rings. The molecule has 0 aliphatic rings. The first kappa shape index (κ1) is 68.7. The third kappa shape index (κ3) is 47.2. The fourth-order valence-corrected chi connectivity index (χ4v) is 13.5. The summed E-state index contributed by atoms with van der Waals surface area (Å²) in [5.74, 6) is 0.406. The van der Waals surface area contributed by atoms with E-state index in [0.29, 0.717) is 31.4 Å². The second kappa shape index (κ2) is 55.5. The van der Waals surface area contributed by atoms with Crippen LogP contribution in [0.5, 0.6) is 0 Å². The molecule has 0 radical (unpaired) electrons. The molecule has 412 valence electrons. The Morgan fingerprint density at radius 3 is 1.01 bits per heavy atom. The molecule has 0 aliphatic heterocycles. The van der Waals surface area contributed by atoms with Gasteiger partial charge in [0.1, 0.15) is 6.23 Å². The molecule has 0 fully saturated rings. The van der Waals surface area contributed by atoms with Crippen LogP contribution < -0.4 is 0 Å². The van der Waals surface area contributed by atoms with Crippen molar-refractivity contribution in [3.63, 3.8) is 0 Å². The minimum Gasteiger partial charge on any atom is -0.373 e. The van der Waals surface area contributed by atoms with E-state index >= 15 is 0 Å². The zero-order valence-corrected chi connectivity index (χ0v) is 49.6. The van der Waals surface area contributed by atoms with Gasteiger partial charge in [-0.05, 0) is 45.4 Å². The Kier molecular flexibility index (Phi) is 55.3. The van der Waals surface area contributed by atoms with Gasteiger partial charge in [0.15, 0.2) is 0 Å². The molecule has 0 amide bonds. The number of rotatable bonds is 59. The van der Waals surface area contributed by atoms with E-state index in [1.165, 1.54) is 262 Å². The lowest BCUT2D eigenvalue weighted by Crippen LogP contribution is -2.52. The molecule has 0 rings (SSSR count). The Morgan fingerprint density at radius 2 is 0.681 bits per heavy atom. The molecule has 0 bridgehead atoms. The number of hydrogen-bond acceptors (Lipinski definition) is 7. The van der Waals surface area contributed by atoms with E-state index in [-0.39, 0.29) is 17.1 Å². The standard InChI is InChI=1S/C61H123NO5SSi/c1-7-12-17-22-27-32-34-37-42-47-53-62(54-48-43-38-35-33-28-23-18-13-8-2)59(6)67-69(65-55-49-44-39-30-25-20-15-10-4,66-56-50-45-40-31-26-21-16-11-5)58-51-57-68-61(64)60(63)52-46-41-36-29-24-19-14-9-3/h59H,7-58H2,1-6H3. The number of unbranched alkanes of at least 4 members (excludes halogenated alkanes) is 39. The maximum absolute atomic E-state index is 13.1. The van der Waals surface area contributed by atoms with Crippen molar-refractivity contribution in [2.45, 2.75) is 349 Å². The van der Waals surface area contributed by atoms with Gasteiger partial charge < -0.3 is 13.3 Å². The van der Waals surface area contributed by atoms with Crippen LogP contribution in [0.15, 0.2) is 0 Å². The Hall–Kier alpha value is -0.253. The summed E-state index contributed by atoms with van der Waals surface area (Å²) < 4.78 is 21.4. The van der Waals surface area contributed by atoms with Gasteiger partial charge in [0, 0.05) is 44.5 Å². The Morgan fingerprint density at radius 1 is 0.391 bits per heavy atom. The van der Waals surface area contributed by atoms with Gasteiger partial charge in [0.25, 0.3) is 5.12 Å². The van der Waals surface area contributed by atoms with Crippen molar-refractivity contribution in [2.24, 2.45) is 0 Å². The molecular weight excluding hydrogens is 887 g/mol. The van der Waals surface area contributed by atoms with Crippen LogP contribution in [0.4, 0.5) is 0 Å². The quantitative estimate of drug-likeness (QED) is 0.0260. The van der Waals surface area contributed by atoms with Crippen LogP contribution in [0.2, 0.25) is 6.04 Å². The number of ketones is 1. The van der Waals surface area contributed by atoms with Crippen LogP contribution in [0.3, 0.4) is 0 Å². The SMILES string of the molecule is CCCCCCCCCCCCN(CCCCCCCCCCCC)C(C)O[Si](CCCSC(=O)C(=O)CCCCCCCCCC)(OCCCCCCCCCC)OCCCCCCCCCC. The van der Waals surface area contributed by atoms with E-state index in [0.717, 1.165) is 51.6 Å². The first-order valence-corrected chi connectivity index (χ1v) is 34.2. The van der Waals surface area contributed by atoms with Crippen molar-refractivity contribution in [3.05, 3.63) is 0 Å². The van der Waals surface area contributed by atoms with Crippen molar-refractivity contribution in [1.29, 1.82) is 0 Å². The average molecular weight is 1010 g/mol. The summed E-state index contributed by atoms with van der Waals surface area (Å²) in [6, 6.07) is 0.697. The maximum Gasteiger partial charge on any atom is 0.502 e. The fourth-order valence-electron chi connectivity index (χ4n) is 9.71. The molecule has 6 nitrogen and oxygen atoms in total. The third-order valence-corrected chi connectivity index (χ3v) is 18.4. The van der Waals surface area contributed by atoms with Gasteiger partial charge in [-0.15, -0.1) is 0 Å². The molecule has 0 heterocycles. The fraction of sp³-hybridized carbons (Fsp3) is 0.967. The molecule has 0 N–H and O–H groups in total. The van der Waals surface area contributed by atoms with Gasteiger partial charge in [-0.1, -0.05) is 297 Å². The largest absolute Gasteiger partial charge is 0.502 e. The minimum atomic E-state index is -3.14. The van der Waals surface area contributed by atoms with Crippen molar-refractivity contribution in [1.82, 2.24) is 4.90 Å². The van der Waals surface area contributed by atoms with Crippen LogP contribution in [0.1, 0.15) is 337 Å². The van der Waals surface area contributed by atoms with E-state index in [1.54, 1.807) is 0 Å². The summed E-state index contributed by atoms with van der Waals surface area (Å²) in [5.41, 5.74) is 0. The summed E-state index contributed by atoms with van der Waals surface area (Å²) in [6.45, 7) is 17.2. The van der Waals surface area contributed by atoms with Crippen LogP contribution in [0.25, 0.3) is 0 Å². The molecule has 0 saturated carbocycles. The topological polar surface area (TPSA) is 65.1 Å². The first-order valence-electron chi connectivity index (χ1n) is 31.3. The van der Waals surface area contributed by atoms with E-state index in [1.807, 2.05) is 0 Å². The van der Waals surface area contributed by atoms with E-state index in [9.17, 15) is 9.59 Å². The lowest BCUT2D eigenvalue weighted by Gasteiger charge is -2.37. The molecular formula is C61H123NO5SSi. The Bertz CT molecular complexity index is 1000. The smallest absolute Gasteiger partial charge is 0.373 e. The van der Waals surface area contributed by atoms with E-state index in [2.05, 4.69) is 46.4 Å². The normalized spacial score (nSPS) is 12.4. The van der Waals surface area contributed by atoms with E-state index in [4.69, 9.17) is 13.3 Å². The number of hydrogen-bond donors (Lipinski definition) is 0. The monoisotopic (exact) mass is 1010 g/mol. The van der Waals surface area contributed by atoms with Crippen LogP contribution >= 0.6 is 11.8 Å². The maximum atomic E-state index is 13.1. The molecule has 0 spiro atoms. The summed E-state index contributed by atoms with van der Waals surface area (Å²) in [5, 5.41) is -0.265. The van der Waals surface area contributed by atoms with Crippen molar-refractivity contribution >= 4 is 31.5 Å². The highest BCUT2D eigenvalue weighted by Crippen LogP contribution is 2.26. The lowest BCUT2D eigenvalue weighted by molar-refractivity contribution is -0.131. The van der Waals surface area contributed by atoms with Crippen molar-refractivity contribution in [3.8, 4) is 0 Å². The average Bonchev–Trinajstić information content (AvgIpc) is 3.35. The zero-order valence-electron chi connectivity index (χ0n) is 47.7. The highest BCUT2D eigenvalue weighted by atomic mass is 32.2. The number of thioether (sulfide) groups is 1. The molecule has 0 aliphatic carbocycles.